The van der Waals surface area contributed by atoms with Gasteiger partial charge in [-0.1, -0.05) is 27.3 Å². The number of aromatic nitrogens is 1. The predicted octanol–water partition coefficient (Wildman–Crippen LogP) is 4.11. The fraction of sp³-hybridized carbons (Fsp3) is 0.364. The highest BCUT2D eigenvalue weighted by molar-refractivity contribution is 9.10. The third-order valence-electron chi connectivity index (χ3n) is 2.52. The Kier molecular flexibility index (Phi) is 2.98. The van der Waals surface area contributed by atoms with E-state index >= 15 is 0 Å². The van der Waals surface area contributed by atoms with Gasteiger partial charge in [0.2, 0.25) is 0 Å². The molecule has 0 aliphatic heterocycles. The maximum atomic E-state index is 4.59. The van der Waals surface area contributed by atoms with Crippen molar-refractivity contribution in [3.63, 3.8) is 0 Å². The van der Waals surface area contributed by atoms with Gasteiger partial charge >= 0.3 is 0 Å². The van der Waals surface area contributed by atoms with Crippen molar-refractivity contribution < 1.29 is 0 Å². The molecule has 0 aliphatic carbocycles. The van der Waals surface area contributed by atoms with Gasteiger partial charge in [0.1, 0.15) is 0 Å². The molecule has 0 bridgehead atoms. The average molecular weight is 285 g/mol. The zero-order valence-electron chi connectivity index (χ0n) is 9.02. The van der Waals surface area contributed by atoms with Gasteiger partial charge in [-0.15, -0.1) is 0 Å². The summed E-state index contributed by atoms with van der Waals surface area (Å²) in [6.07, 6.45) is 0. The summed E-state index contributed by atoms with van der Waals surface area (Å²) in [6, 6.07) is 2.15. The predicted molar refractivity (Wildman–Crippen MR) is 71.0 cm³/mol. The summed E-state index contributed by atoms with van der Waals surface area (Å²) < 4.78 is 2.40. The first-order chi connectivity index (χ1) is 7.13. The third kappa shape index (κ3) is 1.88. The van der Waals surface area contributed by atoms with Crippen molar-refractivity contribution in [1.82, 2.24) is 4.98 Å². The van der Waals surface area contributed by atoms with Gasteiger partial charge in [-0.2, -0.15) is 0 Å². The molecule has 0 fully saturated rings. The van der Waals surface area contributed by atoms with E-state index in [-0.39, 0.29) is 0 Å². The van der Waals surface area contributed by atoms with Gasteiger partial charge in [0.15, 0.2) is 5.13 Å². The molecule has 0 radical (unpaired) electrons. The molecule has 0 saturated heterocycles. The Morgan fingerprint density at radius 1 is 1.40 bits per heavy atom. The lowest BCUT2D eigenvalue weighted by atomic mass is 10.1. The number of aryl methyl sites for hydroxylation is 1. The first kappa shape index (κ1) is 10.9. The molecule has 1 aromatic carbocycles. The summed E-state index contributed by atoms with van der Waals surface area (Å²) in [4.78, 5) is 4.59. The van der Waals surface area contributed by atoms with Gasteiger partial charge < -0.3 is 5.32 Å². The maximum absolute atomic E-state index is 4.59. The molecular formula is C11H13BrN2S. The van der Waals surface area contributed by atoms with Gasteiger partial charge in [0.05, 0.1) is 10.2 Å². The lowest BCUT2D eigenvalue weighted by Gasteiger charge is -2.02. The SMILES string of the molecule is CCNc1nc2c(C)c(C)c(Br)cc2s1. The minimum absolute atomic E-state index is 0.916. The van der Waals surface area contributed by atoms with E-state index in [4.69, 9.17) is 0 Å². The first-order valence-corrected chi connectivity index (χ1v) is 6.54. The largest absolute Gasteiger partial charge is 0.362 e. The highest BCUT2D eigenvalue weighted by Crippen LogP contribution is 2.33. The van der Waals surface area contributed by atoms with Gasteiger partial charge in [0, 0.05) is 11.0 Å². The fourth-order valence-corrected chi connectivity index (χ4v) is 3.22. The van der Waals surface area contributed by atoms with Crippen LogP contribution in [0.3, 0.4) is 0 Å². The summed E-state index contributed by atoms with van der Waals surface area (Å²) in [5, 5.41) is 4.26. The van der Waals surface area contributed by atoms with E-state index in [0.29, 0.717) is 0 Å². The van der Waals surface area contributed by atoms with Crippen molar-refractivity contribution in [1.29, 1.82) is 0 Å². The van der Waals surface area contributed by atoms with E-state index in [2.05, 4.69) is 53.1 Å². The second-order valence-corrected chi connectivity index (χ2v) is 5.39. The smallest absolute Gasteiger partial charge is 0.183 e. The van der Waals surface area contributed by atoms with Crippen molar-refractivity contribution in [2.45, 2.75) is 20.8 Å². The van der Waals surface area contributed by atoms with Crippen LogP contribution in [-0.2, 0) is 0 Å². The van der Waals surface area contributed by atoms with Crippen LogP contribution in [-0.4, -0.2) is 11.5 Å². The molecule has 1 heterocycles. The molecule has 2 rings (SSSR count). The normalized spacial score (nSPS) is 10.9. The number of benzene rings is 1. The molecule has 0 spiro atoms. The van der Waals surface area contributed by atoms with Crippen LogP contribution < -0.4 is 5.32 Å². The Labute approximate surface area is 102 Å². The minimum atomic E-state index is 0.916. The molecule has 0 atom stereocenters. The van der Waals surface area contributed by atoms with Crippen LogP contribution >= 0.6 is 27.3 Å². The lowest BCUT2D eigenvalue weighted by Crippen LogP contribution is -1.94. The van der Waals surface area contributed by atoms with Crippen molar-refractivity contribution in [3.8, 4) is 0 Å². The number of fused-ring (bicyclic) bond motifs is 1. The first-order valence-electron chi connectivity index (χ1n) is 4.93. The van der Waals surface area contributed by atoms with Crippen LogP contribution in [0.2, 0.25) is 0 Å². The Hall–Kier alpha value is -0.610. The van der Waals surface area contributed by atoms with Crippen molar-refractivity contribution in [2.24, 2.45) is 0 Å². The van der Waals surface area contributed by atoms with E-state index < -0.39 is 0 Å². The van der Waals surface area contributed by atoms with Crippen LogP contribution in [0, 0.1) is 13.8 Å². The molecule has 15 heavy (non-hydrogen) atoms. The summed E-state index contributed by atoms with van der Waals surface area (Å²) in [7, 11) is 0. The van der Waals surface area contributed by atoms with Crippen LogP contribution in [0.15, 0.2) is 10.5 Å². The summed E-state index contributed by atoms with van der Waals surface area (Å²) in [6.45, 7) is 7.24. The maximum Gasteiger partial charge on any atom is 0.183 e. The van der Waals surface area contributed by atoms with Gasteiger partial charge in [-0.05, 0) is 38.0 Å². The Balaban J connectivity index is 2.65. The summed E-state index contributed by atoms with van der Waals surface area (Å²) >= 11 is 5.28. The van der Waals surface area contributed by atoms with Crippen LogP contribution in [0.1, 0.15) is 18.1 Å². The molecule has 0 aliphatic rings. The van der Waals surface area contributed by atoms with Crippen LogP contribution in [0.5, 0.6) is 0 Å². The summed E-state index contributed by atoms with van der Waals surface area (Å²) in [5.41, 5.74) is 3.66. The Bertz CT molecular complexity index is 505. The van der Waals surface area contributed by atoms with E-state index in [0.717, 1.165) is 17.2 Å². The molecule has 0 saturated carbocycles. The number of nitrogens with one attached hydrogen (secondary N) is 1. The number of nitrogens with zero attached hydrogens (tertiary/aromatic N) is 1. The minimum Gasteiger partial charge on any atom is -0.362 e. The third-order valence-corrected chi connectivity index (χ3v) is 4.30. The average Bonchev–Trinajstić information content (AvgIpc) is 2.58. The molecule has 4 heteroatoms. The second kappa shape index (κ2) is 4.10. The van der Waals surface area contributed by atoms with Gasteiger partial charge in [-0.3, -0.25) is 0 Å². The second-order valence-electron chi connectivity index (χ2n) is 3.50. The highest BCUT2D eigenvalue weighted by Gasteiger charge is 2.09. The van der Waals surface area contributed by atoms with Crippen molar-refractivity contribution in [3.05, 3.63) is 21.7 Å². The molecule has 80 valence electrons. The van der Waals surface area contributed by atoms with Gasteiger partial charge in [-0.25, -0.2) is 4.98 Å². The topological polar surface area (TPSA) is 24.9 Å². The fourth-order valence-electron chi connectivity index (χ4n) is 1.51. The number of hydrogen-bond donors (Lipinski definition) is 1. The van der Waals surface area contributed by atoms with Crippen LogP contribution in [0.25, 0.3) is 10.2 Å². The Morgan fingerprint density at radius 2 is 2.13 bits per heavy atom. The standard InChI is InChI=1S/C11H13BrN2S/c1-4-13-11-14-10-7(3)6(2)8(12)5-9(10)15-11/h5H,4H2,1-3H3,(H,13,14). The molecule has 1 aromatic heterocycles. The lowest BCUT2D eigenvalue weighted by molar-refractivity contribution is 1.19. The monoisotopic (exact) mass is 284 g/mol. The van der Waals surface area contributed by atoms with E-state index in [9.17, 15) is 0 Å². The van der Waals surface area contributed by atoms with Gasteiger partial charge in [0.25, 0.3) is 0 Å². The number of halogens is 1. The Morgan fingerprint density at radius 3 is 2.80 bits per heavy atom. The van der Waals surface area contributed by atoms with E-state index in [1.807, 2.05) is 0 Å². The van der Waals surface area contributed by atoms with E-state index in [1.54, 1.807) is 11.3 Å². The summed E-state index contributed by atoms with van der Waals surface area (Å²) in [5.74, 6) is 0. The quantitative estimate of drug-likeness (QED) is 0.898. The number of hydrogen-bond acceptors (Lipinski definition) is 3. The number of rotatable bonds is 2. The highest BCUT2D eigenvalue weighted by atomic mass is 79.9. The number of anilines is 1. The van der Waals surface area contributed by atoms with Crippen molar-refractivity contribution >= 4 is 42.6 Å². The zero-order valence-corrected chi connectivity index (χ0v) is 11.4. The molecular weight excluding hydrogens is 272 g/mol. The van der Waals surface area contributed by atoms with E-state index in [1.165, 1.54) is 20.3 Å². The molecule has 0 unspecified atom stereocenters. The molecule has 2 nitrogen and oxygen atoms in total. The van der Waals surface area contributed by atoms with Crippen LogP contribution in [0.4, 0.5) is 5.13 Å². The van der Waals surface area contributed by atoms with Crippen molar-refractivity contribution in [2.75, 3.05) is 11.9 Å². The molecule has 0 amide bonds. The molecule has 2 aromatic rings. The number of thiazole rings is 1. The zero-order chi connectivity index (χ0) is 11.0. The molecule has 1 N–H and O–H groups in total.